The van der Waals surface area contributed by atoms with E-state index in [1.165, 1.54) is 12.1 Å². The van der Waals surface area contributed by atoms with Gasteiger partial charge < -0.3 is 10.1 Å². The molecule has 0 aliphatic heterocycles. The van der Waals surface area contributed by atoms with Crippen LogP contribution in [0.5, 0.6) is 0 Å². The van der Waals surface area contributed by atoms with E-state index in [-0.39, 0.29) is 5.56 Å². The number of nitrogens with one attached hydrogen (secondary N) is 1. The number of aromatic amines is 1. The van der Waals surface area contributed by atoms with Crippen LogP contribution in [-0.2, 0) is 0 Å². The predicted octanol–water partition coefficient (Wildman–Crippen LogP) is 2.52. The molecule has 76 valence electrons. The number of hydrogen-bond acceptors (Lipinski definition) is 1. The van der Waals surface area contributed by atoms with Gasteiger partial charge in [-0.05, 0) is 24.3 Å². The molecule has 0 bridgehead atoms. The van der Waals surface area contributed by atoms with E-state index < -0.39 is 11.8 Å². The molecule has 4 heteroatoms. The maximum Gasteiger partial charge on any atom is 0.338 e. The standard InChI is InChI=1S/C11H8FNO2/c12-9-6-7(10-2-1-5-13-10)3-4-8(9)11(14)15/h1-6,13H,(H,14,15). The Kier molecular flexibility index (Phi) is 2.25. The van der Waals surface area contributed by atoms with E-state index in [1.54, 1.807) is 24.4 Å². The zero-order chi connectivity index (χ0) is 10.8. The quantitative estimate of drug-likeness (QED) is 0.791. The smallest absolute Gasteiger partial charge is 0.338 e. The van der Waals surface area contributed by atoms with E-state index in [0.29, 0.717) is 5.56 Å². The predicted molar refractivity (Wildman–Crippen MR) is 53.1 cm³/mol. The lowest BCUT2D eigenvalue weighted by Crippen LogP contribution is -2.00. The minimum absolute atomic E-state index is 0.315. The number of H-pyrrole nitrogens is 1. The monoisotopic (exact) mass is 205 g/mol. The summed E-state index contributed by atoms with van der Waals surface area (Å²) in [5.41, 5.74) is 1.07. The zero-order valence-electron chi connectivity index (χ0n) is 7.70. The summed E-state index contributed by atoms with van der Waals surface area (Å²) in [6.07, 6.45) is 1.72. The number of aromatic nitrogens is 1. The number of carboxylic acids is 1. The number of halogens is 1. The van der Waals surface area contributed by atoms with Crippen molar-refractivity contribution in [3.05, 3.63) is 47.9 Å². The highest BCUT2D eigenvalue weighted by molar-refractivity contribution is 5.88. The largest absolute Gasteiger partial charge is 0.478 e. The first-order valence-electron chi connectivity index (χ1n) is 4.35. The first-order chi connectivity index (χ1) is 7.18. The molecule has 0 unspecified atom stereocenters. The highest BCUT2D eigenvalue weighted by atomic mass is 19.1. The van der Waals surface area contributed by atoms with Crippen molar-refractivity contribution in [3.8, 4) is 11.3 Å². The fourth-order valence-corrected chi connectivity index (χ4v) is 1.37. The summed E-state index contributed by atoms with van der Waals surface area (Å²) in [5.74, 6) is -1.99. The van der Waals surface area contributed by atoms with E-state index in [9.17, 15) is 9.18 Å². The molecule has 0 spiro atoms. The molecule has 0 saturated carbocycles. The maximum absolute atomic E-state index is 13.3. The molecule has 1 heterocycles. The van der Waals surface area contributed by atoms with Gasteiger partial charge in [0, 0.05) is 17.5 Å². The molecule has 0 aliphatic rings. The number of hydrogen-bond donors (Lipinski definition) is 2. The van der Waals surface area contributed by atoms with E-state index in [0.717, 1.165) is 5.69 Å². The van der Waals surface area contributed by atoms with E-state index in [2.05, 4.69) is 4.98 Å². The van der Waals surface area contributed by atoms with Crippen molar-refractivity contribution in [2.24, 2.45) is 0 Å². The number of rotatable bonds is 2. The molecule has 3 nitrogen and oxygen atoms in total. The fourth-order valence-electron chi connectivity index (χ4n) is 1.37. The first kappa shape index (κ1) is 9.45. The van der Waals surface area contributed by atoms with Gasteiger partial charge in [-0.2, -0.15) is 0 Å². The summed E-state index contributed by atoms with van der Waals surface area (Å²) in [5, 5.41) is 8.64. The van der Waals surface area contributed by atoms with Crippen LogP contribution in [0.2, 0.25) is 0 Å². The van der Waals surface area contributed by atoms with Gasteiger partial charge in [0.15, 0.2) is 0 Å². The zero-order valence-corrected chi connectivity index (χ0v) is 7.70. The van der Waals surface area contributed by atoms with E-state index in [4.69, 9.17) is 5.11 Å². The SMILES string of the molecule is O=C(O)c1ccc(-c2ccc[nH]2)cc1F. The van der Waals surface area contributed by atoms with Gasteiger partial charge in [0.05, 0.1) is 5.56 Å². The Labute approximate surface area is 85.2 Å². The van der Waals surface area contributed by atoms with Crippen LogP contribution in [0.4, 0.5) is 4.39 Å². The van der Waals surface area contributed by atoms with Crippen LogP contribution < -0.4 is 0 Å². The Morgan fingerprint density at radius 1 is 1.33 bits per heavy atom. The molecule has 2 rings (SSSR count). The Hall–Kier alpha value is -2.10. The van der Waals surface area contributed by atoms with Gasteiger partial charge in [-0.25, -0.2) is 9.18 Å². The van der Waals surface area contributed by atoms with Crippen LogP contribution in [0.15, 0.2) is 36.5 Å². The van der Waals surface area contributed by atoms with Crippen LogP contribution in [0.25, 0.3) is 11.3 Å². The second kappa shape index (κ2) is 3.57. The minimum Gasteiger partial charge on any atom is -0.478 e. The van der Waals surface area contributed by atoms with Gasteiger partial charge >= 0.3 is 5.97 Å². The van der Waals surface area contributed by atoms with Crippen LogP contribution in [-0.4, -0.2) is 16.1 Å². The average Bonchev–Trinajstić information content (AvgIpc) is 2.69. The number of benzene rings is 1. The van der Waals surface area contributed by atoms with Crippen molar-refractivity contribution in [1.29, 1.82) is 0 Å². The summed E-state index contributed by atoms with van der Waals surface area (Å²) >= 11 is 0. The first-order valence-corrected chi connectivity index (χ1v) is 4.35. The van der Waals surface area contributed by atoms with Crippen LogP contribution in [0.3, 0.4) is 0 Å². The van der Waals surface area contributed by atoms with Crippen LogP contribution in [0.1, 0.15) is 10.4 Å². The Morgan fingerprint density at radius 2 is 2.13 bits per heavy atom. The lowest BCUT2D eigenvalue weighted by molar-refractivity contribution is 0.0692. The van der Waals surface area contributed by atoms with Gasteiger partial charge in [-0.15, -0.1) is 0 Å². The van der Waals surface area contributed by atoms with E-state index in [1.807, 2.05) is 0 Å². The minimum atomic E-state index is -1.26. The third-order valence-electron chi connectivity index (χ3n) is 2.11. The van der Waals surface area contributed by atoms with Crippen molar-refractivity contribution in [2.75, 3.05) is 0 Å². The van der Waals surface area contributed by atoms with Gasteiger partial charge in [-0.3, -0.25) is 0 Å². The Balaban J connectivity index is 2.47. The maximum atomic E-state index is 13.3. The summed E-state index contributed by atoms with van der Waals surface area (Å²) in [6.45, 7) is 0. The molecule has 0 saturated heterocycles. The summed E-state index contributed by atoms with van der Waals surface area (Å²) in [6, 6.07) is 7.61. The summed E-state index contributed by atoms with van der Waals surface area (Å²) in [7, 11) is 0. The lowest BCUT2D eigenvalue weighted by atomic mass is 10.1. The van der Waals surface area contributed by atoms with E-state index >= 15 is 0 Å². The number of carbonyl (C=O) groups is 1. The van der Waals surface area contributed by atoms with Crippen LogP contribution >= 0.6 is 0 Å². The second-order valence-corrected chi connectivity index (χ2v) is 3.08. The van der Waals surface area contributed by atoms with Gasteiger partial charge in [0.2, 0.25) is 0 Å². The highest BCUT2D eigenvalue weighted by Gasteiger charge is 2.10. The van der Waals surface area contributed by atoms with Gasteiger partial charge in [-0.1, -0.05) is 6.07 Å². The fraction of sp³-hybridized carbons (Fsp3) is 0. The van der Waals surface area contributed by atoms with Gasteiger partial charge in [0.25, 0.3) is 0 Å². The topological polar surface area (TPSA) is 53.1 Å². The third kappa shape index (κ3) is 1.74. The molecule has 2 aromatic rings. The molecule has 0 aliphatic carbocycles. The van der Waals surface area contributed by atoms with Crippen molar-refractivity contribution < 1.29 is 14.3 Å². The van der Waals surface area contributed by atoms with Crippen molar-refractivity contribution in [2.45, 2.75) is 0 Å². The van der Waals surface area contributed by atoms with Crippen molar-refractivity contribution >= 4 is 5.97 Å². The molecule has 0 radical (unpaired) electrons. The molecular weight excluding hydrogens is 197 g/mol. The highest BCUT2D eigenvalue weighted by Crippen LogP contribution is 2.20. The lowest BCUT2D eigenvalue weighted by Gasteiger charge is -2.01. The second-order valence-electron chi connectivity index (χ2n) is 3.08. The van der Waals surface area contributed by atoms with Crippen LogP contribution in [0, 0.1) is 5.82 Å². The molecular formula is C11H8FNO2. The van der Waals surface area contributed by atoms with Crippen molar-refractivity contribution in [1.82, 2.24) is 4.98 Å². The molecule has 1 aromatic heterocycles. The Morgan fingerprint density at radius 3 is 2.67 bits per heavy atom. The molecule has 0 amide bonds. The molecule has 1 aromatic carbocycles. The average molecular weight is 205 g/mol. The Bertz CT molecular complexity index is 491. The summed E-state index contributed by atoms with van der Waals surface area (Å²) < 4.78 is 13.3. The van der Waals surface area contributed by atoms with Gasteiger partial charge in [0.1, 0.15) is 5.82 Å². The number of aromatic carboxylic acids is 1. The molecule has 0 fully saturated rings. The molecule has 0 atom stereocenters. The van der Waals surface area contributed by atoms with Crippen molar-refractivity contribution in [3.63, 3.8) is 0 Å². The molecule has 2 N–H and O–H groups in total. The summed E-state index contributed by atoms with van der Waals surface area (Å²) in [4.78, 5) is 13.5. The third-order valence-corrected chi connectivity index (χ3v) is 2.11. The molecule has 15 heavy (non-hydrogen) atoms. The normalized spacial score (nSPS) is 10.2. The number of carboxylic acid groups (broad SMARTS) is 1.